The van der Waals surface area contributed by atoms with E-state index in [0.717, 1.165) is 25.0 Å². The summed E-state index contributed by atoms with van der Waals surface area (Å²) in [5.41, 5.74) is 1.65. The normalized spacial score (nSPS) is 30.1. The predicted molar refractivity (Wildman–Crippen MR) is 78.1 cm³/mol. The van der Waals surface area contributed by atoms with E-state index in [-0.39, 0.29) is 22.3 Å². The van der Waals surface area contributed by atoms with Crippen molar-refractivity contribution in [1.82, 2.24) is 9.38 Å². The number of aromatic hydroxyl groups is 1. The zero-order valence-electron chi connectivity index (χ0n) is 12.6. The van der Waals surface area contributed by atoms with Crippen molar-refractivity contribution < 1.29 is 19.4 Å². The van der Waals surface area contributed by atoms with Crippen molar-refractivity contribution in [2.45, 2.75) is 37.2 Å². The second-order valence-electron chi connectivity index (χ2n) is 6.65. The molecule has 2 bridgehead atoms. The van der Waals surface area contributed by atoms with Crippen LogP contribution in [0.5, 0.6) is 5.75 Å². The van der Waals surface area contributed by atoms with Gasteiger partial charge in [-0.15, -0.1) is 0 Å². The molecule has 1 aliphatic carbocycles. The molecule has 2 aromatic heterocycles. The van der Waals surface area contributed by atoms with Gasteiger partial charge in [0.2, 0.25) is 0 Å². The minimum atomic E-state index is -0.564. The van der Waals surface area contributed by atoms with Gasteiger partial charge >= 0.3 is 5.97 Å². The highest BCUT2D eigenvalue weighted by molar-refractivity contribution is 5.92. The maximum absolute atomic E-state index is 11.7. The Hall–Kier alpha value is -2.08. The summed E-state index contributed by atoms with van der Waals surface area (Å²) in [5.74, 6) is -0.682. The summed E-state index contributed by atoms with van der Waals surface area (Å²) in [6.07, 6.45) is 6.57. The molecule has 2 aliphatic rings. The van der Waals surface area contributed by atoms with Crippen molar-refractivity contribution in [2.24, 2.45) is 0 Å². The lowest BCUT2D eigenvalue weighted by molar-refractivity contribution is -0.00627. The van der Waals surface area contributed by atoms with Crippen LogP contribution >= 0.6 is 0 Å². The van der Waals surface area contributed by atoms with Gasteiger partial charge in [-0.2, -0.15) is 0 Å². The van der Waals surface area contributed by atoms with Gasteiger partial charge in [0.15, 0.2) is 0 Å². The topological polar surface area (TPSA) is 73.1 Å². The van der Waals surface area contributed by atoms with Crippen LogP contribution in [0.1, 0.15) is 42.2 Å². The number of esters is 1. The molecule has 6 nitrogen and oxygen atoms in total. The van der Waals surface area contributed by atoms with Gasteiger partial charge < -0.3 is 19.0 Å². The van der Waals surface area contributed by atoms with Gasteiger partial charge in [0.05, 0.1) is 25.0 Å². The third kappa shape index (κ3) is 1.76. The van der Waals surface area contributed by atoms with Crippen molar-refractivity contribution in [3.05, 3.63) is 29.7 Å². The molecule has 0 spiro atoms. The number of fused-ring (bicyclic) bond motifs is 3. The number of imidazole rings is 1. The first kappa shape index (κ1) is 13.6. The van der Waals surface area contributed by atoms with Crippen LogP contribution in [0, 0.1) is 0 Å². The van der Waals surface area contributed by atoms with Crippen LogP contribution in [-0.4, -0.2) is 39.8 Å². The van der Waals surface area contributed by atoms with Crippen molar-refractivity contribution in [2.75, 3.05) is 13.7 Å². The zero-order valence-corrected chi connectivity index (χ0v) is 12.6. The van der Waals surface area contributed by atoms with E-state index in [1.54, 1.807) is 10.6 Å². The van der Waals surface area contributed by atoms with Crippen LogP contribution in [-0.2, 0) is 14.9 Å². The number of carbonyl (C=O) groups is 1. The number of hydrogen-bond donors (Lipinski definition) is 1. The molecule has 2 atom stereocenters. The summed E-state index contributed by atoms with van der Waals surface area (Å²) >= 11 is 0. The lowest BCUT2D eigenvalue weighted by Gasteiger charge is -2.24. The van der Waals surface area contributed by atoms with Crippen molar-refractivity contribution in [3.63, 3.8) is 0 Å². The molecular weight excluding hydrogens is 284 g/mol. The summed E-state index contributed by atoms with van der Waals surface area (Å²) in [6, 6.07) is 1.50. The fourth-order valence-electron chi connectivity index (χ4n) is 3.79. The van der Waals surface area contributed by atoms with Crippen LogP contribution in [0.15, 0.2) is 18.5 Å². The maximum Gasteiger partial charge on any atom is 0.343 e. The number of hydrogen-bond acceptors (Lipinski definition) is 5. The first-order valence-electron chi connectivity index (χ1n) is 7.39. The average Bonchev–Trinajstić information content (AvgIpc) is 3.15. The van der Waals surface area contributed by atoms with E-state index in [9.17, 15) is 9.90 Å². The van der Waals surface area contributed by atoms with Gasteiger partial charge in [-0.1, -0.05) is 0 Å². The van der Waals surface area contributed by atoms with Crippen LogP contribution in [0.4, 0.5) is 0 Å². The first-order valence-corrected chi connectivity index (χ1v) is 7.39. The fourth-order valence-corrected chi connectivity index (χ4v) is 3.79. The molecule has 1 saturated heterocycles. The van der Waals surface area contributed by atoms with Gasteiger partial charge in [-0.3, -0.25) is 0 Å². The largest absolute Gasteiger partial charge is 0.507 e. The van der Waals surface area contributed by atoms with E-state index in [1.807, 2.05) is 6.20 Å². The van der Waals surface area contributed by atoms with Crippen LogP contribution in [0.3, 0.4) is 0 Å². The molecule has 116 valence electrons. The minimum Gasteiger partial charge on any atom is -0.507 e. The Bertz CT molecular complexity index is 772. The number of nitrogens with zero attached hydrogens (tertiary/aromatic N) is 2. The van der Waals surface area contributed by atoms with E-state index in [1.165, 1.54) is 13.2 Å². The highest BCUT2D eigenvalue weighted by Gasteiger charge is 2.55. The summed E-state index contributed by atoms with van der Waals surface area (Å²) < 4.78 is 12.4. The Morgan fingerprint density at radius 3 is 2.86 bits per heavy atom. The third-order valence-electron chi connectivity index (χ3n) is 5.06. The quantitative estimate of drug-likeness (QED) is 0.859. The fraction of sp³-hybridized carbons (Fsp3) is 0.500. The van der Waals surface area contributed by atoms with Crippen LogP contribution in [0.2, 0.25) is 0 Å². The number of aromatic nitrogens is 2. The molecule has 0 aromatic carbocycles. The summed E-state index contributed by atoms with van der Waals surface area (Å²) in [6.45, 7) is 2.84. The molecular formula is C16H18N2O4. The highest BCUT2D eigenvalue weighted by atomic mass is 16.5. The molecule has 2 fully saturated rings. The van der Waals surface area contributed by atoms with Gasteiger partial charge in [0.25, 0.3) is 0 Å². The van der Waals surface area contributed by atoms with Gasteiger partial charge in [0, 0.05) is 23.9 Å². The van der Waals surface area contributed by atoms with E-state index in [4.69, 9.17) is 4.74 Å². The molecule has 1 unspecified atom stereocenters. The molecule has 1 saturated carbocycles. The van der Waals surface area contributed by atoms with E-state index in [2.05, 4.69) is 16.6 Å². The molecule has 3 heterocycles. The molecule has 0 radical (unpaired) electrons. The number of pyridine rings is 1. The Morgan fingerprint density at radius 1 is 1.45 bits per heavy atom. The Morgan fingerprint density at radius 2 is 2.27 bits per heavy atom. The highest BCUT2D eigenvalue weighted by Crippen LogP contribution is 2.53. The standard InChI is InChI=1S/C16H18N2O4/c1-15-3-4-16(8-15,9-22-15)12-7-18-6-10(14(20)21-2)11(19)5-13(18)17-12/h5-7,19H,3-4,8-9H2,1-2H3/t15-,16?/m0/s1. The number of carbonyl (C=O) groups excluding carboxylic acids is 1. The van der Waals surface area contributed by atoms with Crippen LogP contribution in [0.25, 0.3) is 5.65 Å². The van der Waals surface area contributed by atoms with E-state index < -0.39 is 5.97 Å². The second kappa shape index (κ2) is 4.23. The molecule has 1 aliphatic heterocycles. The summed E-state index contributed by atoms with van der Waals surface area (Å²) in [5, 5.41) is 9.98. The van der Waals surface area contributed by atoms with Crippen molar-refractivity contribution >= 4 is 11.6 Å². The molecule has 4 rings (SSSR count). The second-order valence-corrected chi connectivity index (χ2v) is 6.65. The smallest absolute Gasteiger partial charge is 0.343 e. The Labute approximate surface area is 127 Å². The van der Waals surface area contributed by atoms with E-state index in [0.29, 0.717) is 12.3 Å². The monoisotopic (exact) mass is 302 g/mol. The molecule has 2 aromatic rings. The zero-order chi connectivity index (χ0) is 15.5. The van der Waals surface area contributed by atoms with Gasteiger partial charge in [0.1, 0.15) is 17.0 Å². The molecule has 22 heavy (non-hydrogen) atoms. The predicted octanol–water partition coefficient (Wildman–Crippen LogP) is 2.04. The SMILES string of the molecule is COC(=O)c1cn2cc(C34CC[C@@](C)(C3)OC4)nc2cc1O. The first-order chi connectivity index (χ1) is 10.4. The van der Waals surface area contributed by atoms with Crippen LogP contribution < -0.4 is 0 Å². The average molecular weight is 302 g/mol. The maximum atomic E-state index is 11.7. The van der Waals surface area contributed by atoms with Gasteiger partial charge in [-0.25, -0.2) is 9.78 Å². The van der Waals surface area contributed by atoms with Crippen molar-refractivity contribution in [3.8, 4) is 5.75 Å². The Kier molecular flexibility index (Phi) is 2.61. The van der Waals surface area contributed by atoms with Gasteiger partial charge in [-0.05, 0) is 26.2 Å². The molecule has 0 amide bonds. The molecule has 6 heteroatoms. The third-order valence-corrected chi connectivity index (χ3v) is 5.06. The lowest BCUT2D eigenvalue weighted by Crippen LogP contribution is -2.26. The lowest BCUT2D eigenvalue weighted by atomic mass is 9.84. The van der Waals surface area contributed by atoms with E-state index >= 15 is 0 Å². The minimum absolute atomic E-state index is 0.0326. The Balaban J connectivity index is 1.80. The summed E-state index contributed by atoms with van der Waals surface area (Å²) in [7, 11) is 1.29. The molecule has 1 N–H and O–H groups in total. The van der Waals surface area contributed by atoms with Crippen molar-refractivity contribution in [1.29, 1.82) is 0 Å². The number of ether oxygens (including phenoxy) is 2. The summed E-state index contributed by atoms with van der Waals surface area (Å²) in [4.78, 5) is 16.3. The number of rotatable bonds is 2. The number of methoxy groups -OCH3 is 1.